The summed E-state index contributed by atoms with van der Waals surface area (Å²) >= 11 is 3.62. The summed E-state index contributed by atoms with van der Waals surface area (Å²) in [6, 6.07) is 8.58. The van der Waals surface area contributed by atoms with Crippen molar-refractivity contribution in [1.29, 1.82) is 0 Å². The van der Waals surface area contributed by atoms with Crippen LogP contribution in [0.5, 0.6) is 0 Å². The van der Waals surface area contributed by atoms with Crippen LogP contribution in [0.1, 0.15) is 25.3 Å². The summed E-state index contributed by atoms with van der Waals surface area (Å²) in [7, 11) is 0. The predicted octanol–water partition coefficient (Wildman–Crippen LogP) is 3.38. The molecule has 2 heteroatoms. The molecule has 82 valence electrons. The van der Waals surface area contributed by atoms with Crippen molar-refractivity contribution in [1.82, 2.24) is 5.32 Å². The Morgan fingerprint density at radius 1 is 1.33 bits per heavy atom. The third-order valence-electron chi connectivity index (χ3n) is 3.23. The minimum atomic E-state index is 0.555. The Morgan fingerprint density at radius 2 is 2.07 bits per heavy atom. The maximum Gasteiger partial charge on any atom is 0.0207 e. The van der Waals surface area contributed by atoms with Gasteiger partial charge in [0, 0.05) is 11.0 Å². The maximum atomic E-state index is 3.62. The Balaban J connectivity index is 1.99. The fourth-order valence-corrected chi connectivity index (χ4v) is 2.45. The van der Waals surface area contributed by atoms with Crippen molar-refractivity contribution in [3.05, 3.63) is 34.3 Å². The van der Waals surface area contributed by atoms with E-state index in [2.05, 4.69) is 52.4 Å². The van der Waals surface area contributed by atoms with Crippen LogP contribution in [0.3, 0.4) is 0 Å². The van der Waals surface area contributed by atoms with Gasteiger partial charge in [0.25, 0.3) is 0 Å². The molecule has 0 unspecified atom stereocenters. The summed E-state index contributed by atoms with van der Waals surface area (Å²) in [6.07, 6.45) is 3.96. The van der Waals surface area contributed by atoms with Gasteiger partial charge >= 0.3 is 0 Å². The van der Waals surface area contributed by atoms with Gasteiger partial charge in [0.1, 0.15) is 0 Å². The zero-order valence-electron chi connectivity index (χ0n) is 9.22. The molecule has 2 rings (SSSR count). The molecular weight excluding hydrogens is 250 g/mol. The molecule has 1 aliphatic rings. The Hall–Kier alpha value is -0.340. The molecule has 1 nitrogen and oxygen atoms in total. The molecule has 1 saturated carbocycles. The number of benzene rings is 1. The van der Waals surface area contributed by atoms with Crippen LogP contribution < -0.4 is 5.32 Å². The van der Waals surface area contributed by atoms with E-state index < -0.39 is 0 Å². The summed E-state index contributed by atoms with van der Waals surface area (Å²) in [4.78, 5) is 0. The maximum absolute atomic E-state index is 3.62. The summed E-state index contributed by atoms with van der Waals surface area (Å²) in [5, 5.41) is 3.48. The SMILES string of the molecule is CCNCC1(Cc2ccccc2Br)CC1. The average molecular weight is 268 g/mol. The van der Waals surface area contributed by atoms with E-state index in [9.17, 15) is 0 Å². The van der Waals surface area contributed by atoms with Gasteiger partial charge in [0.15, 0.2) is 0 Å². The first kappa shape index (κ1) is 11.2. The van der Waals surface area contributed by atoms with Crippen LogP contribution in [0.15, 0.2) is 28.7 Å². The number of nitrogens with one attached hydrogen (secondary N) is 1. The van der Waals surface area contributed by atoms with Crippen LogP contribution >= 0.6 is 15.9 Å². The quantitative estimate of drug-likeness (QED) is 0.863. The van der Waals surface area contributed by atoms with Gasteiger partial charge in [-0.3, -0.25) is 0 Å². The van der Waals surface area contributed by atoms with Gasteiger partial charge in [-0.25, -0.2) is 0 Å². The van der Waals surface area contributed by atoms with Crippen molar-refractivity contribution in [2.75, 3.05) is 13.1 Å². The van der Waals surface area contributed by atoms with Gasteiger partial charge in [0.2, 0.25) is 0 Å². The second-order valence-electron chi connectivity index (χ2n) is 4.55. The zero-order valence-corrected chi connectivity index (χ0v) is 10.8. The van der Waals surface area contributed by atoms with E-state index in [-0.39, 0.29) is 0 Å². The number of hydrogen-bond donors (Lipinski definition) is 1. The fourth-order valence-electron chi connectivity index (χ4n) is 2.03. The first-order valence-electron chi connectivity index (χ1n) is 5.70. The molecule has 0 spiro atoms. The second kappa shape index (κ2) is 4.67. The van der Waals surface area contributed by atoms with Crippen LogP contribution in [0.25, 0.3) is 0 Å². The lowest BCUT2D eigenvalue weighted by Crippen LogP contribution is -2.25. The third-order valence-corrected chi connectivity index (χ3v) is 4.00. The predicted molar refractivity (Wildman–Crippen MR) is 68.1 cm³/mol. The zero-order chi connectivity index (χ0) is 10.7. The summed E-state index contributed by atoms with van der Waals surface area (Å²) in [6.45, 7) is 4.43. The molecule has 1 aliphatic carbocycles. The molecule has 0 aromatic heterocycles. The molecule has 1 aromatic rings. The van der Waals surface area contributed by atoms with Crippen molar-refractivity contribution in [3.8, 4) is 0 Å². The molecule has 15 heavy (non-hydrogen) atoms. The highest BCUT2D eigenvalue weighted by Gasteiger charge is 2.42. The molecule has 0 aliphatic heterocycles. The number of halogens is 1. The molecule has 0 amide bonds. The van der Waals surface area contributed by atoms with Gasteiger partial charge in [-0.1, -0.05) is 41.1 Å². The molecule has 0 saturated heterocycles. The van der Waals surface area contributed by atoms with Gasteiger partial charge in [-0.05, 0) is 42.9 Å². The largest absolute Gasteiger partial charge is 0.316 e. The van der Waals surface area contributed by atoms with Gasteiger partial charge < -0.3 is 5.32 Å². The van der Waals surface area contributed by atoms with Crippen molar-refractivity contribution >= 4 is 15.9 Å². The van der Waals surface area contributed by atoms with Crippen molar-refractivity contribution in [2.24, 2.45) is 5.41 Å². The van der Waals surface area contributed by atoms with Crippen LogP contribution in [0, 0.1) is 5.41 Å². The third kappa shape index (κ3) is 2.82. The van der Waals surface area contributed by atoms with Gasteiger partial charge in [0.05, 0.1) is 0 Å². The minimum absolute atomic E-state index is 0.555. The van der Waals surface area contributed by atoms with E-state index in [1.54, 1.807) is 0 Å². The summed E-state index contributed by atoms with van der Waals surface area (Å²) in [5.41, 5.74) is 2.01. The average Bonchev–Trinajstić information content (AvgIpc) is 3.00. The van der Waals surface area contributed by atoms with Gasteiger partial charge in [-0.2, -0.15) is 0 Å². The molecule has 0 heterocycles. The molecule has 0 atom stereocenters. The number of rotatable bonds is 5. The van der Waals surface area contributed by atoms with E-state index in [1.807, 2.05) is 0 Å². The monoisotopic (exact) mass is 267 g/mol. The van der Waals surface area contributed by atoms with E-state index >= 15 is 0 Å². The molecule has 1 fully saturated rings. The summed E-state index contributed by atoms with van der Waals surface area (Å²) in [5.74, 6) is 0. The fraction of sp³-hybridized carbons (Fsp3) is 0.538. The van der Waals surface area contributed by atoms with Crippen LogP contribution in [-0.2, 0) is 6.42 Å². The lowest BCUT2D eigenvalue weighted by atomic mass is 9.96. The standard InChI is InChI=1S/C13H18BrN/c1-2-15-10-13(7-8-13)9-11-5-3-4-6-12(11)14/h3-6,15H,2,7-10H2,1H3. The normalized spacial score (nSPS) is 17.7. The lowest BCUT2D eigenvalue weighted by Gasteiger charge is -2.16. The lowest BCUT2D eigenvalue weighted by molar-refractivity contribution is 0.462. The highest BCUT2D eigenvalue weighted by molar-refractivity contribution is 9.10. The molecule has 0 radical (unpaired) electrons. The second-order valence-corrected chi connectivity index (χ2v) is 5.40. The summed E-state index contributed by atoms with van der Waals surface area (Å²) < 4.78 is 1.26. The highest BCUT2D eigenvalue weighted by atomic mass is 79.9. The molecular formula is C13H18BrN. The van der Waals surface area contributed by atoms with Crippen molar-refractivity contribution in [2.45, 2.75) is 26.2 Å². The Bertz CT molecular complexity index is 331. The molecule has 1 N–H and O–H groups in total. The first-order chi connectivity index (χ1) is 7.26. The molecule has 1 aromatic carbocycles. The van der Waals surface area contributed by atoms with Crippen LogP contribution in [0.2, 0.25) is 0 Å². The topological polar surface area (TPSA) is 12.0 Å². The van der Waals surface area contributed by atoms with Crippen LogP contribution in [0.4, 0.5) is 0 Å². The van der Waals surface area contributed by atoms with E-state index in [0.717, 1.165) is 6.54 Å². The van der Waals surface area contributed by atoms with E-state index in [1.165, 1.54) is 35.8 Å². The Labute approximate surface area is 100 Å². The Kier molecular flexibility index (Phi) is 3.47. The van der Waals surface area contributed by atoms with Gasteiger partial charge in [-0.15, -0.1) is 0 Å². The first-order valence-corrected chi connectivity index (χ1v) is 6.49. The smallest absolute Gasteiger partial charge is 0.0207 e. The van der Waals surface area contributed by atoms with E-state index in [4.69, 9.17) is 0 Å². The number of hydrogen-bond acceptors (Lipinski definition) is 1. The minimum Gasteiger partial charge on any atom is -0.316 e. The van der Waals surface area contributed by atoms with E-state index in [0.29, 0.717) is 5.41 Å². The van der Waals surface area contributed by atoms with Crippen LogP contribution in [-0.4, -0.2) is 13.1 Å². The van der Waals surface area contributed by atoms with Crippen molar-refractivity contribution < 1.29 is 0 Å². The van der Waals surface area contributed by atoms with Crippen molar-refractivity contribution in [3.63, 3.8) is 0 Å². The molecule has 0 bridgehead atoms. The Morgan fingerprint density at radius 3 is 2.67 bits per heavy atom. The highest BCUT2D eigenvalue weighted by Crippen LogP contribution is 2.48.